The van der Waals surface area contributed by atoms with Crippen LogP contribution < -0.4 is 9.47 Å². The quantitative estimate of drug-likeness (QED) is 0.313. The Balaban J connectivity index is 1.34. The van der Waals surface area contributed by atoms with Gasteiger partial charge < -0.3 is 9.47 Å². The number of pyridine rings is 2. The van der Waals surface area contributed by atoms with E-state index in [9.17, 15) is 9.59 Å². The highest BCUT2D eigenvalue weighted by atomic mass is 32.2. The zero-order valence-corrected chi connectivity index (χ0v) is 17.0. The largest absolute Gasteiger partial charge is 0.423 e. The van der Waals surface area contributed by atoms with Crippen LogP contribution in [0.4, 0.5) is 0 Å². The Bertz CT molecular complexity index is 1070. The molecule has 0 saturated heterocycles. The molecular formula is C24H16N2O4S. The summed E-state index contributed by atoms with van der Waals surface area (Å²) in [5.74, 6) is 0.00146. The fourth-order valence-electron chi connectivity index (χ4n) is 2.59. The molecule has 0 amide bonds. The van der Waals surface area contributed by atoms with Gasteiger partial charge in [-0.1, -0.05) is 11.8 Å². The Morgan fingerprint density at radius 2 is 1.03 bits per heavy atom. The molecule has 0 aliphatic heterocycles. The highest BCUT2D eigenvalue weighted by Gasteiger charge is 2.10. The fourth-order valence-corrected chi connectivity index (χ4v) is 3.40. The molecule has 0 aliphatic carbocycles. The van der Waals surface area contributed by atoms with E-state index in [4.69, 9.17) is 9.47 Å². The summed E-state index contributed by atoms with van der Waals surface area (Å²) in [6, 6.07) is 21.1. The summed E-state index contributed by atoms with van der Waals surface area (Å²) >= 11 is 1.53. The van der Waals surface area contributed by atoms with Crippen LogP contribution >= 0.6 is 11.8 Å². The van der Waals surface area contributed by atoms with Gasteiger partial charge in [0.2, 0.25) is 0 Å². The first-order valence-electron chi connectivity index (χ1n) is 9.30. The topological polar surface area (TPSA) is 78.4 Å². The van der Waals surface area contributed by atoms with Crippen molar-refractivity contribution in [2.24, 2.45) is 0 Å². The Kier molecular flexibility index (Phi) is 6.35. The first-order valence-corrected chi connectivity index (χ1v) is 10.1. The van der Waals surface area contributed by atoms with E-state index in [0.29, 0.717) is 22.6 Å². The van der Waals surface area contributed by atoms with Gasteiger partial charge in [-0.25, -0.2) is 9.59 Å². The van der Waals surface area contributed by atoms with Crippen molar-refractivity contribution in [3.8, 4) is 11.5 Å². The second kappa shape index (κ2) is 9.69. The summed E-state index contributed by atoms with van der Waals surface area (Å²) in [6.07, 6.45) is 6.12. The summed E-state index contributed by atoms with van der Waals surface area (Å²) in [6.45, 7) is 0. The van der Waals surface area contributed by atoms with Crippen molar-refractivity contribution < 1.29 is 19.1 Å². The van der Waals surface area contributed by atoms with Crippen molar-refractivity contribution in [1.82, 2.24) is 9.97 Å². The van der Waals surface area contributed by atoms with E-state index in [1.165, 1.54) is 24.2 Å². The molecule has 0 aliphatic rings. The molecule has 7 heteroatoms. The van der Waals surface area contributed by atoms with E-state index in [1.807, 2.05) is 24.3 Å². The molecule has 31 heavy (non-hydrogen) atoms. The molecule has 0 unspecified atom stereocenters. The van der Waals surface area contributed by atoms with Crippen molar-refractivity contribution >= 4 is 23.7 Å². The molecule has 0 atom stereocenters. The molecule has 6 nitrogen and oxygen atoms in total. The van der Waals surface area contributed by atoms with E-state index in [1.54, 1.807) is 60.9 Å². The summed E-state index contributed by atoms with van der Waals surface area (Å²) in [5.41, 5.74) is 0.788. The summed E-state index contributed by atoms with van der Waals surface area (Å²) in [4.78, 5) is 33.9. The molecule has 2 aromatic carbocycles. The SMILES string of the molecule is O=C(Oc1ccc(Sc2ccc(OC(=O)c3cccnc3)cc2)cc1)c1cccnc1. The van der Waals surface area contributed by atoms with Gasteiger partial charge in [-0.05, 0) is 72.8 Å². The Hall–Kier alpha value is -3.97. The van der Waals surface area contributed by atoms with Gasteiger partial charge >= 0.3 is 11.9 Å². The van der Waals surface area contributed by atoms with Gasteiger partial charge in [0.25, 0.3) is 0 Å². The van der Waals surface area contributed by atoms with Crippen molar-refractivity contribution in [3.63, 3.8) is 0 Å². The number of benzene rings is 2. The highest BCUT2D eigenvalue weighted by Crippen LogP contribution is 2.30. The molecule has 0 spiro atoms. The number of aromatic nitrogens is 2. The number of hydrogen-bond acceptors (Lipinski definition) is 7. The number of carbonyl (C=O) groups excluding carboxylic acids is 2. The standard InChI is InChI=1S/C24H16N2O4S/c27-23(17-3-1-13-25-15-17)29-19-5-9-21(10-6-19)31-22-11-7-20(8-12-22)30-24(28)18-4-2-14-26-16-18/h1-16H. The molecule has 2 heterocycles. The summed E-state index contributed by atoms with van der Waals surface area (Å²) in [5, 5.41) is 0. The molecule has 0 fully saturated rings. The van der Waals surface area contributed by atoms with E-state index in [0.717, 1.165) is 9.79 Å². The monoisotopic (exact) mass is 428 g/mol. The second-order valence-corrected chi connectivity index (χ2v) is 7.45. The average Bonchev–Trinajstić information content (AvgIpc) is 2.82. The van der Waals surface area contributed by atoms with Crippen LogP contribution in [0.25, 0.3) is 0 Å². The van der Waals surface area contributed by atoms with Gasteiger partial charge in [-0.3, -0.25) is 9.97 Å². The van der Waals surface area contributed by atoms with E-state index in [2.05, 4.69) is 9.97 Å². The van der Waals surface area contributed by atoms with Crippen LogP contribution in [0.5, 0.6) is 11.5 Å². The number of hydrogen-bond donors (Lipinski definition) is 0. The zero-order valence-electron chi connectivity index (χ0n) is 16.2. The summed E-state index contributed by atoms with van der Waals surface area (Å²) in [7, 11) is 0. The Labute approximate surface area is 182 Å². The zero-order chi connectivity index (χ0) is 21.5. The molecule has 4 aromatic rings. The van der Waals surface area contributed by atoms with Crippen molar-refractivity contribution in [3.05, 3.63) is 109 Å². The van der Waals surface area contributed by atoms with Crippen molar-refractivity contribution in [1.29, 1.82) is 0 Å². The van der Waals surface area contributed by atoms with Crippen LogP contribution in [0.3, 0.4) is 0 Å². The highest BCUT2D eigenvalue weighted by molar-refractivity contribution is 7.99. The molecule has 0 bridgehead atoms. The first-order chi connectivity index (χ1) is 15.2. The molecule has 152 valence electrons. The normalized spacial score (nSPS) is 10.3. The third kappa shape index (κ3) is 5.55. The van der Waals surface area contributed by atoms with Crippen molar-refractivity contribution in [2.45, 2.75) is 9.79 Å². The Morgan fingerprint density at radius 3 is 1.39 bits per heavy atom. The lowest BCUT2D eigenvalue weighted by Crippen LogP contribution is -2.08. The Morgan fingerprint density at radius 1 is 0.613 bits per heavy atom. The fraction of sp³-hybridized carbons (Fsp3) is 0. The smallest absolute Gasteiger partial charge is 0.345 e. The maximum Gasteiger partial charge on any atom is 0.345 e. The van der Waals surface area contributed by atoms with E-state index in [-0.39, 0.29) is 0 Å². The molecule has 0 saturated carbocycles. The number of ether oxygens (including phenoxy) is 2. The second-order valence-electron chi connectivity index (χ2n) is 6.31. The van der Waals surface area contributed by atoms with Crippen LogP contribution in [0, 0.1) is 0 Å². The van der Waals surface area contributed by atoms with Gasteiger partial charge in [0.1, 0.15) is 11.5 Å². The molecular weight excluding hydrogens is 412 g/mol. The molecule has 0 N–H and O–H groups in total. The molecule has 2 aromatic heterocycles. The van der Waals surface area contributed by atoms with Gasteiger partial charge in [0.15, 0.2) is 0 Å². The molecule has 4 rings (SSSR count). The van der Waals surface area contributed by atoms with Gasteiger partial charge in [-0.15, -0.1) is 0 Å². The minimum absolute atomic E-state index is 0.394. The molecule has 0 radical (unpaired) electrons. The van der Waals surface area contributed by atoms with E-state index < -0.39 is 11.9 Å². The van der Waals surface area contributed by atoms with Gasteiger partial charge in [0, 0.05) is 34.6 Å². The van der Waals surface area contributed by atoms with E-state index >= 15 is 0 Å². The third-order valence-corrected chi connectivity index (χ3v) is 5.11. The summed E-state index contributed by atoms with van der Waals surface area (Å²) < 4.78 is 10.7. The van der Waals surface area contributed by atoms with Crippen LogP contribution in [0.15, 0.2) is 107 Å². The average molecular weight is 428 g/mol. The number of carbonyl (C=O) groups is 2. The number of rotatable bonds is 6. The lowest BCUT2D eigenvalue weighted by atomic mass is 10.3. The van der Waals surface area contributed by atoms with Crippen molar-refractivity contribution in [2.75, 3.05) is 0 Å². The lowest BCUT2D eigenvalue weighted by molar-refractivity contribution is 0.0724. The van der Waals surface area contributed by atoms with Crippen LogP contribution in [0.2, 0.25) is 0 Å². The van der Waals surface area contributed by atoms with Crippen LogP contribution in [-0.4, -0.2) is 21.9 Å². The predicted molar refractivity (Wildman–Crippen MR) is 115 cm³/mol. The third-order valence-electron chi connectivity index (χ3n) is 4.10. The minimum Gasteiger partial charge on any atom is -0.423 e. The minimum atomic E-state index is -0.454. The predicted octanol–water partition coefficient (Wildman–Crippen LogP) is 5.07. The van der Waals surface area contributed by atoms with Crippen LogP contribution in [-0.2, 0) is 0 Å². The lowest BCUT2D eigenvalue weighted by Gasteiger charge is -2.07. The van der Waals surface area contributed by atoms with Crippen LogP contribution in [0.1, 0.15) is 20.7 Å². The maximum absolute atomic E-state index is 12.1. The van der Waals surface area contributed by atoms with Gasteiger partial charge in [0.05, 0.1) is 11.1 Å². The van der Waals surface area contributed by atoms with Gasteiger partial charge in [-0.2, -0.15) is 0 Å². The number of nitrogens with zero attached hydrogens (tertiary/aromatic N) is 2. The first kappa shape index (κ1) is 20.3. The number of esters is 2. The maximum atomic E-state index is 12.1.